The molecule has 1 aromatic carbocycles. The van der Waals surface area contributed by atoms with Gasteiger partial charge in [0.05, 0.1) is 0 Å². The van der Waals surface area contributed by atoms with E-state index >= 15 is 0 Å². The fraction of sp³-hybridized carbons (Fsp3) is 0.353. The van der Waals surface area contributed by atoms with Gasteiger partial charge in [-0.25, -0.2) is 0 Å². The Hall–Kier alpha value is -1.67. The van der Waals surface area contributed by atoms with Crippen LogP contribution in [0.3, 0.4) is 0 Å². The van der Waals surface area contributed by atoms with E-state index in [1.807, 2.05) is 19.4 Å². The standard InChI is InChI=1S/C17H22N2/c1-3-4-14-5-7-16(8-6-14)17(18-2)13-15-9-11-19-12-10-15/h5-12,17-18H,3-4,13H2,1-2H3. The highest BCUT2D eigenvalue weighted by molar-refractivity contribution is 5.27. The molecule has 100 valence electrons. The van der Waals surface area contributed by atoms with Crippen molar-refractivity contribution in [2.75, 3.05) is 7.05 Å². The van der Waals surface area contributed by atoms with Crippen LogP contribution in [0.2, 0.25) is 0 Å². The fourth-order valence-corrected chi connectivity index (χ4v) is 2.35. The molecule has 0 aliphatic carbocycles. The van der Waals surface area contributed by atoms with E-state index in [2.05, 4.69) is 53.6 Å². The zero-order chi connectivity index (χ0) is 13.5. The number of aryl methyl sites for hydroxylation is 1. The summed E-state index contributed by atoms with van der Waals surface area (Å²) in [6.45, 7) is 2.22. The largest absolute Gasteiger partial charge is 0.313 e. The minimum Gasteiger partial charge on any atom is -0.313 e. The van der Waals surface area contributed by atoms with Crippen LogP contribution in [-0.2, 0) is 12.8 Å². The molecule has 1 heterocycles. The van der Waals surface area contributed by atoms with Gasteiger partial charge in [-0.3, -0.25) is 4.98 Å². The molecule has 1 atom stereocenters. The van der Waals surface area contributed by atoms with Crippen LogP contribution < -0.4 is 5.32 Å². The molecule has 0 fully saturated rings. The molecule has 0 saturated heterocycles. The van der Waals surface area contributed by atoms with Crippen LogP contribution >= 0.6 is 0 Å². The quantitative estimate of drug-likeness (QED) is 0.853. The van der Waals surface area contributed by atoms with Crippen LogP contribution in [0.4, 0.5) is 0 Å². The molecule has 19 heavy (non-hydrogen) atoms. The van der Waals surface area contributed by atoms with Crippen molar-refractivity contribution in [2.45, 2.75) is 32.2 Å². The van der Waals surface area contributed by atoms with E-state index in [0.717, 1.165) is 12.8 Å². The lowest BCUT2D eigenvalue weighted by Gasteiger charge is -2.17. The first kappa shape index (κ1) is 13.8. The predicted octanol–water partition coefficient (Wildman–Crippen LogP) is 3.54. The lowest BCUT2D eigenvalue weighted by Crippen LogP contribution is -2.18. The molecule has 2 nitrogen and oxygen atoms in total. The minimum atomic E-state index is 0.359. The van der Waals surface area contributed by atoms with Gasteiger partial charge in [0.15, 0.2) is 0 Å². The van der Waals surface area contributed by atoms with Gasteiger partial charge in [-0.1, -0.05) is 37.6 Å². The van der Waals surface area contributed by atoms with Crippen LogP contribution in [0, 0.1) is 0 Å². The first-order chi connectivity index (χ1) is 9.33. The van der Waals surface area contributed by atoms with Crippen molar-refractivity contribution >= 4 is 0 Å². The number of hydrogen-bond acceptors (Lipinski definition) is 2. The zero-order valence-electron chi connectivity index (χ0n) is 11.8. The second-order valence-corrected chi connectivity index (χ2v) is 4.89. The van der Waals surface area contributed by atoms with Gasteiger partial charge in [-0.15, -0.1) is 0 Å². The van der Waals surface area contributed by atoms with Gasteiger partial charge < -0.3 is 5.32 Å². The number of pyridine rings is 1. The maximum Gasteiger partial charge on any atom is 0.0358 e. The third-order valence-electron chi connectivity index (χ3n) is 3.46. The Morgan fingerprint density at radius 3 is 2.26 bits per heavy atom. The second-order valence-electron chi connectivity index (χ2n) is 4.89. The Labute approximate surface area is 115 Å². The lowest BCUT2D eigenvalue weighted by molar-refractivity contribution is 0.591. The molecule has 0 aliphatic heterocycles. The number of aromatic nitrogens is 1. The topological polar surface area (TPSA) is 24.9 Å². The average molecular weight is 254 g/mol. The Morgan fingerprint density at radius 2 is 1.68 bits per heavy atom. The number of nitrogens with one attached hydrogen (secondary N) is 1. The van der Waals surface area contributed by atoms with Gasteiger partial charge in [-0.2, -0.15) is 0 Å². The lowest BCUT2D eigenvalue weighted by atomic mass is 9.98. The SMILES string of the molecule is CCCc1ccc(C(Cc2ccncc2)NC)cc1. The van der Waals surface area contributed by atoms with Crippen LogP contribution in [-0.4, -0.2) is 12.0 Å². The molecule has 2 rings (SSSR count). The van der Waals surface area contributed by atoms with Gasteiger partial charge in [0.25, 0.3) is 0 Å². The fourth-order valence-electron chi connectivity index (χ4n) is 2.35. The van der Waals surface area contributed by atoms with Crippen LogP contribution in [0.25, 0.3) is 0 Å². The highest BCUT2D eigenvalue weighted by atomic mass is 14.9. The summed E-state index contributed by atoms with van der Waals surface area (Å²) in [4.78, 5) is 4.06. The molecule has 0 spiro atoms. The average Bonchev–Trinajstić information content (AvgIpc) is 2.47. The van der Waals surface area contributed by atoms with E-state index in [0.29, 0.717) is 6.04 Å². The van der Waals surface area contributed by atoms with Crippen molar-refractivity contribution < 1.29 is 0 Å². The first-order valence-corrected chi connectivity index (χ1v) is 6.98. The van der Waals surface area contributed by atoms with Gasteiger partial charge in [0, 0.05) is 18.4 Å². The molecule has 2 heteroatoms. The summed E-state index contributed by atoms with van der Waals surface area (Å²) in [6.07, 6.45) is 7.06. The molecule has 1 aromatic heterocycles. The predicted molar refractivity (Wildman–Crippen MR) is 80.2 cm³/mol. The van der Waals surface area contributed by atoms with Crippen molar-refractivity contribution in [2.24, 2.45) is 0 Å². The Balaban J connectivity index is 2.08. The number of rotatable bonds is 6. The number of benzene rings is 1. The van der Waals surface area contributed by atoms with E-state index in [1.165, 1.54) is 23.1 Å². The van der Waals surface area contributed by atoms with E-state index in [4.69, 9.17) is 0 Å². The Morgan fingerprint density at radius 1 is 1.00 bits per heavy atom. The first-order valence-electron chi connectivity index (χ1n) is 6.98. The van der Waals surface area contributed by atoms with Crippen molar-refractivity contribution in [1.82, 2.24) is 10.3 Å². The molecule has 0 amide bonds. The third kappa shape index (κ3) is 3.90. The second kappa shape index (κ2) is 7.05. The maximum absolute atomic E-state index is 4.06. The molecule has 0 aliphatic rings. The molecule has 0 bridgehead atoms. The van der Waals surface area contributed by atoms with Gasteiger partial charge >= 0.3 is 0 Å². The zero-order valence-corrected chi connectivity index (χ0v) is 11.8. The molecular formula is C17H22N2. The Kier molecular flexibility index (Phi) is 5.10. The Bertz CT molecular complexity index is 476. The van der Waals surface area contributed by atoms with Gasteiger partial charge in [0.2, 0.25) is 0 Å². The summed E-state index contributed by atoms with van der Waals surface area (Å²) in [5.74, 6) is 0. The van der Waals surface area contributed by atoms with Crippen molar-refractivity contribution in [1.29, 1.82) is 0 Å². The number of hydrogen-bond donors (Lipinski definition) is 1. The van der Waals surface area contributed by atoms with E-state index < -0.39 is 0 Å². The summed E-state index contributed by atoms with van der Waals surface area (Å²) >= 11 is 0. The monoisotopic (exact) mass is 254 g/mol. The highest BCUT2D eigenvalue weighted by Gasteiger charge is 2.09. The van der Waals surface area contributed by atoms with Crippen LogP contribution in [0.15, 0.2) is 48.8 Å². The smallest absolute Gasteiger partial charge is 0.0358 e. The van der Waals surface area contributed by atoms with Gasteiger partial charge in [0.1, 0.15) is 0 Å². The third-order valence-corrected chi connectivity index (χ3v) is 3.46. The van der Waals surface area contributed by atoms with E-state index in [1.54, 1.807) is 0 Å². The van der Waals surface area contributed by atoms with Crippen LogP contribution in [0.5, 0.6) is 0 Å². The number of nitrogens with zero attached hydrogens (tertiary/aromatic N) is 1. The summed E-state index contributed by atoms with van der Waals surface area (Å²) < 4.78 is 0. The molecular weight excluding hydrogens is 232 g/mol. The molecule has 1 unspecified atom stereocenters. The minimum absolute atomic E-state index is 0.359. The normalized spacial score (nSPS) is 12.3. The molecule has 0 saturated carbocycles. The summed E-state index contributed by atoms with van der Waals surface area (Å²) in [6, 6.07) is 13.5. The van der Waals surface area contributed by atoms with E-state index in [9.17, 15) is 0 Å². The summed E-state index contributed by atoms with van der Waals surface area (Å²) in [5, 5.41) is 3.40. The van der Waals surface area contributed by atoms with E-state index in [-0.39, 0.29) is 0 Å². The summed E-state index contributed by atoms with van der Waals surface area (Å²) in [7, 11) is 2.02. The van der Waals surface area contributed by atoms with Gasteiger partial charge in [-0.05, 0) is 48.7 Å². The summed E-state index contributed by atoms with van der Waals surface area (Å²) in [5.41, 5.74) is 4.08. The number of likely N-dealkylation sites (N-methyl/N-ethyl adjacent to an activating group) is 1. The van der Waals surface area contributed by atoms with Crippen molar-refractivity contribution in [3.63, 3.8) is 0 Å². The molecule has 0 radical (unpaired) electrons. The van der Waals surface area contributed by atoms with Crippen molar-refractivity contribution in [3.05, 3.63) is 65.5 Å². The molecule has 2 aromatic rings. The molecule has 1 N–H and O–H groups in total. The van der Waals surface area contributed by atoms with Crippen molar-refractivity contribution in [3.8, 4) is 0 Å². The maximum atomic E-state index is 4.06. The highest BCUT2D eigenvalue weighted by Crippen LogP contribution is 2.19. The van der Waals surface area contributed by atoms with Crippen LogP contribution in [0.1, 0.15) is 36.1 Å².